The molecule has 0 spiro atoms. The second-order valence-electron chi connectivity index (χ2n) is 8.71. The van der Waals surface area contributed by atoms with Crippen molar-refractivity contribution >= 4 is 11.8 Å². The van der Waals surface area contributed by atoms with Crippen LogP contribution < -0.4 is 0 Å². The molecule has 0 saturated carbocycles. The van der Waals surface area contributed by atoms with E-state index in [0.717, 1.165) is 67.9 Å². The maximum atomic E-state index is 13.3. The van der Waals surface area contributed by atoms with Gasteiger partial charge in [-0.2, -0.15) is 22.3 Å². The highest BCUT2D eigenvalue weighted by Crippen LogP contribution is 2.26. The largest absolute Gasteiger partial charge is 0.464 e. The molecule has 2 aliphatic heterocycles. The fraction of sp³-hybridized carbons (Fsp3) is 0.462. The molecule has 2 fully saturated rings. The van der Waals surface area contributed by atoms with Crippen LogP contribution in [-0.2, 0) is 18.8 Å². The molecule has 1 aromatic heterocycles. The third kappa shape index (κ3) is 6.34. The molecule has 34 heavy (non-hydrogen) atoms. The van der Waals surface area contributed by atoms with Gasteiger partial charge >= 0.3 is 0 Å². The Balaban J connectivity index is 1.29. The number of nitriles is 2. The fourth-order valence-corrected chi connectivity index (χ4v) is 5.40. The fourth-order valence-electron chi connectivity index (χ4n) is 4.55. The molecule has 8 heteroatoms. The predicted octanol–water partition coefficient (Wildman–Crippen LogP) is 4.71. The van der Waals surface area contributed by atoms with Crippen molar-refractivity contribution in [2.24, 2.45) is 0 Å². The van der Waals surface area contributed by atoms with E-state index in [9.17, 15) is 14.9 Å². The molecule has 0 amide bonds. The normalized spacial score (nSPS) is 16.5. The average Bonchev–Trinajstić information content (AvgIpc) is 3.47. The maximum absolute atomic E-state index is 13.3. The SMILES string of the molecule is N#CC(C#N)=C1N(CCSCc2ccc(CN3CCCCC3)o2)CCN1Cc1ccc(F)cc1. The minimum Gasteiger partial charge on any atom is -0.464 e. The highest BCUT2D eigenvalue weighted by Gasteiger charge is 2.28. The lowest BCUT2D eigenvalue weighted by atomic mass is 10.1. The van der Waals surface area contributed by atoms with Gasteiger partial charge in [0.2, 0.25) is 0 Å². The van der Waals surface area contributed by atoms with E-state index in [4.69, 9.17) is 4.42 Å². The number of rotatable bonds is 9. The molecular weight excluding hydrogens is 449 g/mol. The van der Waals surface area contributed by atoms with E-state index in [1.54, 1.807) is 23.9 Å². The number of benzene rings is 1. The van der Waals surface area contributed by atoms with Gasteiger partial charge in [0.05, 0.1) is 12.3 Å². The van der Waals surface area contributed by atoms with Crippen molar-refractivity contribution in [1.82, 2.24) is 14.7 Å². The summed E-state index contributed by atoms with van der Waals surface area (Å²) in [5.74, 6) is 4.09. The van der Waals surface area contributed by atoms with Gasteiger partial charge in [-0.05, 0) is 55.8 Å². The van der Waals surface area contributed by atoms with Gasteiger partial charge in [0, 0.05) is 31.9 Å². The van der Waals surface area contributed by atoms with Gasteiger partial charge in [0.1, 0.15) is 35.3 Å². The Morgan fingerprint density at radius 1 is 0.882 bits per heavy atom. The van der Waals surface area contributed by atoms with Crippen LogP contribution in [0.3, 0.4) is 0 Å². The zero-order valence-electron chi connectivity index (χ0n) is 19.4. The Labute approximate surface area is 205 Å². The van der Waals surface area contributed by atoms with Crippen LogP contribution in [0.5, 0.6) is 0 Å². The zero-order chi connectivity index (χ0) is 23.8. The molecule has 4 rings (SSSR count). The summed E-state index contributed by atoms with van der Waals surface area (Å²) < 4.78 is 19.3. The van der Waals surface area contributed by atoms with Gasteiger partial charge in [0.15, 0.2) is 5.57 Å². The van der Waals surface area contributed by atoms with Crippen molar-refractivity contribution in [3.63, 3.8) is 0 Å². The Kier molecular flexibility index (Phi) is 8.51. The Bertz CT molecular complexity index is 1050. The summed E-state index contributed by atoms with van der Waals surface area (Å²) in [5.41, 5.74) is 1.07. The van der Waals surface area contributed by atoms with Crippen molar-refractivity contribution in [3.8, 4) is 12.1 Å². The van der Waals surface area contributed by atoms with E-state index in [1.807, 2.05) is 4.90 Å². The summed E-state index contributed by atoms with van der Waals surface area (Å²) >= 11 is 1.79. The van der Waals surface area contributed by atoms with Crippen molar-refractivity contribution in [3.05, 3.63) is 70.7 Å². The molecule has 6 nitrogen and oxygen atoms in total. The van der Waals surface area contributed by atoms with E-state index < -0.39 is 0 Å². The number of hydrogen-bond acceptors (Lipinski definition) is 7. The molecule has 0 N–H and O–H groups in total. The van der Waals surface area contributed by atoms with E-state index in [-0.39, 0.29) is 11.4 Å². The van der Waals surface area contributed by atoms with Crippen molar-refractivity contribution in [2.45, 2.75) is 38.1 Å². The number of allylic oxidation sites excluding steroid dienone is 1. The monoisotopic (exact) mass is 479 g/mol. The maximum Gasteiger partial charge on any atom is 0.169 e. The molecule has 0 unspecified atom stereocenters. The third-order valence-corrected chi connectivity index (χ3v) is 7.23. The van der Waals surface area contributed by atoms with Crippen molar-refractivity contribution < 1.29 is 8.81 Å². The molecule has 3 heterocycles. The van der Waals surface area contributed by atoms with Crippen LogP contribution >= 0.6 is 11.8 Å². The van der Waals surface area contributed by atoms with Crippen molar-refractivity contribution in [2.75, 3.05) is 38.5 Å². The Morgan fingerprint density at radius 3 is 2.32 bits per heavy atom. The Hall–Kier alpha value is -2.94. The van der Waals surface area contributed by atoms with Gasteiger partial charge in [-0.3, -0.25) is 4.90 Å². The zero-order valence-corrected chi connectivity index (χ0v) is 20.2. The summed E-state index contributed by atoms with van der Waals surface area (Å²) in [4.78, 5) is 6.61. The van der Waals surface area contributed by atoms with Gasteiger partial charge in [0.25, 0.3) is 0 Å². The van der Waals surface area contributed by atoms with Crippen LogP contribution in [0.4, 0.5) is 4.39 Å². The quantitative estimate of drug-likeness (QED) is 0.381. The van der Waals surface area contributed by atoms with Gasteiger partial charge in [-0.15, -0.1) is 0 Å². The first-order valence-corrected chi connectivity index (χ1v) is 13.0. The van der Waals surface area contributed by atoms with Crippen LogP contribution in [0.15, 0.2) is 52.2 Å². The van der Waals surface area contributed by atoms with E-state index in [0.29, 0.717) is 12.4 Å². The number of furan rings is 1. The Morgan fingerprint density at radius 2 is 1.59 bits per heavy atom. The minimum atomic E-state index is -0.274. The lowest BCUT2D eigenvalue weighted by molar-refractivity contribution is 0.204. The molecule has 2 saturated heterocycles. The summed E-state index contributed by atoms with van der Waals surface area (Å²) in [6, 6.07) is 14.6. The van der Waals surface area contributed by atoms with E-state index >= 15 is 0 Å². The van der Waals surface area contributed by atoms with Gasteiger partial charge in [-0.25, -0.2) is 4.39 Å². The first-order chi connectivity index (χ1) is 16.7. The highest BCUT2D eigenvalue weighted by atomic mass is 32.2. The van der Waals surface area contributed by atoms with E-state index in [2.05, 4.69) is 34.1 Å². The van der Waals surface area contributed by atoms with Crippen molar-refractivity contribution in [1.29, 1.82) is 10.5 Å². The van der Waals surface area contributed by atoms with Crippen LogP contribution in [0.2, 0.25) is 0 Å². The molecule has 0 bridgehead atoms. The third-order valence-electron chi connectivity index (χ3n) is 6.27. The summed E-state index contributed by atoms with van der Waals surface area (Å²) in [6.07, 6.45) is 3.88. The smallest absolute Gasteiger partial charge is 0.169 e. The second-order valence-corrected chi connectivity index (χ2v) is 9.82. The molecule has 178 valence electrons. The van der Waals surface area contributed by atoms with Gasteiger partial charge in [-0.1, -0.05) is 18.6 Å². The van der Waals surface area contributed by atoms with Crippen LogP contribution in [0.25, 0.3) is 0 Å². The molecule has 2 aliphatic rings. The summed E-state index contributed by atoms with van der Waals surface area (Å²) in [6.45, 7) is 5.96. The summed E-state index contributed by atoms with van der Waals surface area (Å²) in [5, 5.41) is 19.0. The molecule has 0 aliphatic carbocycles. The summed E-state index contributed by atoms with van der Waals surface area (Å²) in [7, 11) is 0. The first-order valence-electron chi connectivity index (χ1n) is 11.8. The number of hydrogen-bond donors (Lipinski definition) is 0. The standard InChI is InChI=1S/C26H30FN5OS/c27-23-6-4-21(5-7-23)18-32-13-12-31(26(32)22(16-28)17-29)14-15-34-20-25-9-8-24(33-25)19-30-10-2-1-3-11-30/h4-9H,1-3,10-15,18-20H2. The lowest BCUT2D eigenvalue weighted by Gasteiger charge is -2.25. The number of likely N-dealkylation sites (tertiary alicyclic amines) is 1. The number of halogens is 1. The van der Waals surface area contributed by atoms with Crippen LogP contribution in [-0.4, -0.2) is 53.2 Å². The predicted molar refractivity (Wildman–Crippen MR) is 131 cm³/mol. The molecule has 0 radical (unpaired) electrons. The topological polar surface area (TPSA) is 70.4 Å². The highest BCUT2D eigenvalue weighted by molar-refractivity contribution is 7.98. The minimum absolute atomic E-state index is 0.123. The molecule has 0 atom stereocenters. The molecule has 1 aromatic carbocycles. The number of thioether (sulfide) groups is 1. The van der Waals surface area contributed by atoms with Crippen LogP contribution in [0, 0.1) is 28.5 Å². The first kappa shape index (κ1) is 24.2. The number of nitrogens with zero attached hydrogens (tertiary/aromatic N) is 5. The lowest BCUT2D eigenvalue weighted by Crippen LogP contribution is -2.28. The van der Waals surface area contributed by atoms with E-state index in [1.165, 1.54) is 31.4 Å². The molecular formula is C26H30FN5OS. The average molecular weight is 480 g/mol. The second kappa shape index (κ2) is 12.0. The van der Waals surface area contributed by atoms with Gasteiger partial charge < -0.3 is 14.2 Å². The molecule has 2 aromatic rings. The van der Waals surface area contributed by atoms with Crippen LogP contribution in [0.1, 0.15) is 36.3 Å². The number of piperidine rings is 1.